The zero-order valence-corrected chi connectivity index (χ0v) is 18.0. The van der Waals surface area contributed by atoms with Crippen molar-refractivity contribution in [2.24, 2.45) is 0 Å². The van der Waals surface area contributed by atoms with Gasteiger partial charge in [0, 0.05) is 39.9 Å². The molecular weight excluding hydrogens is 402 g/mol. The number of nitrogens with zero attached hydrogens (tertiary/aromatic N) is 1. The molecule has 0 amide bonds. The van der Waals surface area contributed by atoms with Crippen LogP contribution in [0.15, 0.2) is 108 Å². The average Bonchev–Trinajstić information content (AvgIpc) is 3.30. The lowest BCUT2D eigenvalue weighted by Crippen LogP contribution is -2.25. The molecule has 2 aliphatic heterocycles. The number of anilines is 3. The lowest BCUT2D eigenvalue weighted by molar-refractivity contribution is 0.415. The number of rotatable bonds is 6. The van der Waals surface area contributed by atoms with E-state index in [2.05, 4.69) is 82.6 Å². The lowest BCUT2D eigenvalue weighted by atomic mass is 10.0. The van der Waals surface area contributed by atoms with Crippen LogP contribution in [0.3, 0.4) is 0 Å². The van der Waals surface area contributed by atoms with Crippen LogP contribution in [0, 0.1) is 0 Å². The summed E-state index contributed by atoms with van der Waals surface area (Å²) in [7, 11) is 1.68. The number of allylic oxidation sites excluding steroid dienone is 2. The predicted octanol–water partition coefficient (Wildman–Crippen LogP) is 6.64. The molecule has 4 nitrogen and oxygen atoms in total. The van der Waals surface area contributed by atoms with E-state index in [0.717, 1.165) is 28.6 Å². The zero-order chi connectivity index (χ0) is 21.0. The van der Waals surface area contributed by atoms with E-state index in [1.54, 1.807) is 7.11 Å². The number of ether oxygens (including phenoxy) is 1. The second-order valence-electron chi connectivity index (χ2n) is 7.28. The maximum Gasteiger partial charge on any atom is 0.120 e. The fourth-order valence-electron chi connectivity index (χ4n) is 3.62. The minimum Gasteiger partial charge on any atom is -0.497 e. The topological polar surface area (TPSA) is 36.5 Å². The Kier molecular flexibility index (Phi) is 5.42. The zero-order valence-electron chi connectivity index (χ0n) is 17.2. The molecule has 2 N–H and O–H groups in total. The number of nitrogens with one attached hydrogen (secondary N) is 2. The number of hydrogen-bond acceptors (Lipinski definition) is 5. The molecule has 0 bridgehead atoms. The second kappa shape index (κ2) is 8.66. The molecule has 2 heterocycles. The third-order valence-electron chi connectivity index (χ3n) is 5.18. The molecule has 5 heteroatoms. The van der Waals surface area contributed by atoms with Gasteiger partial charge in [-0.1, -0.05) is 36.4 Å². The van der Waals surface area contributed by atoms with Crippen LogP contribution in [0.2, 0.25) is 0 Å². The monoisotopic (exact) mass is 425 g/mol. The van der Waals surface area contributed by atoms with Gasteiger partial charge in [-0.15, -0.1) is 11.8 Å². The van der Waals surface area contributed by atoms with Gasteiger partial charge in [0.1, 0.15) is 5.75 Å². The summed E-state index contributed by atoms with van der Waals surface area (Å²) >= 11 is 1.87. The fourth-order valence-corrected chi connectivity index (χ4v) is 4.58. The smallest absolute Gasteiger partial charge is 0.120 e. The molecule has 0 spiro atoms. The predicted molar refractivity (Wildman–Crippen MR) is 131 cm³/mol. The van der Waals surface area contributed by atoms with Crippen molar-refractivity contribution in [1.82, 2.24) is 5.01 Å². The summed E-state index contributed by atoms with van der Waals surface area (Å²) in [6, 6.07) is 26.7. The van der Waals surface area contributed by atoms with Gasteiger partial charge in [0.25, 0.3) is 0 Å². The summed E-state index contributed by atoms with van der Waals surface area (Å²) in [5, 5.41) is 5.55. The number of benzene rings is 3. The number of thioether (sulfide) groups is 1. The van der Waals surface area contributed by atoms with E-state index < -0.39 is 0 Å². The van der Waals surface area contributed by atoms with E-state index in [9.17, 15) is 0 Å². The molecular formula is C26H23N3OS. The first kappa shape index (κ1) is 19.4. The van der Waals surface area contributed by atoms with E-state index >= 15 is 0 Å². The molecule has 2 aliphatic rings. The summed E-state index contributed by atoms with van der Waals surface area (Å²) in [4.78, 5) is 1.30. The molecule has 3 aromatic rings. The van der Waals surface area contributed by atoms with Gasteiger partial charge in [-0.25, -0.2) is 0 Å². The maximum atomic E-state index is 5.30. The Bertz CT molecular complexity index is 1170. The molecule has 0 radical (unpaired) electrons. The van der Waals surface area contributed by atoms with Crippen LogP contribution in [-0.4, -0.2) is 17.9 Å². The van der Waals surface area contributed by atoms with Gasteiger partial charge in [-0.05, 0) is 54.1 Å². The second-order valence-corrected chi connectivity index (χ2v) is 8.34. The van der Waals surface area contributed by atoms with Gasteiger partial charge in [0.2, 0.25) is 0 Å². The van der Waals surface area contributed by atoms with E-state index in [1.807, 2.05) is 42.1 Å². The standard InChI is InChI=1S/C26H23N3OS/c1-30-24-9-5-8-23(17-24)27-21-10-12-22(13-11-21)28-29-18-20(19-6-3-2-4-7-19)16-26-25(29)14-15-31-26/h2-14,16-18,27-28H,15H2,1H3. The highest BCUT2D eigenvalue weighted by Crippen LogP contribution is 2.40. The van der Waals surface area contributed by atoms with E-state index in [1.165, 1.54) is 21.7 Å². The summed E-state index contributed by atoms with van der Waals surface area (Å²) in [6.45, 7) is 0. The first-order valence-corrected chi connectivity index (χ1v) is 11.2. The largest absolute Gasteiger partial charge is 0.497 e. The van der Waals surface area contributed by atoms with Gasteiger partial charge in [-0.3, -0.25) is 10.4 Å². The highest BCUT2D eigenvalue weighted by atomic mass is 32.2. The van der Waals surface area contributed by atoms with Crippen molar-refractivity contribution < 1.29 is 4.74 Å². The molecule has 0 fully saturated rings. The molecule has 0 aliphatic carbocycles. The van der Waals surface area contributed by atoms with Crippen molar-refractivity contribution in [3.05, 3.63) is 113 Å². The highest BCUT2D eigenvalue weighted by molar-refractivity contribution is 8.03. The Morgan fingerprint density at radius 1 is 0.871 bits per heavy atom. The van der Waals surface area contributed by atoms with Crippen molar-refractivity contribution in [1.29, 1.82) is 0 Å². The van der Waals surface area contributed by atoms with Crippen molar-refractivity contribution in [3.63, 3.8) is 0 Å². The van der Waals surface area contributed by atoms with Crippen molar-refractivity contribution >= 4 is 34.4 Å². The van der Waals surface area contributed by atoms with Crippen molar-refractivity contribution in [2.45, 2.75) is 0 Å². The highest BCUT2D eigenvalue weighted by Gasteiger charge is 2.23. The van der Waals surface area contributed by atoms with Crippen LogP contribution < -0.4 is 15.5 Å². The molecule has 0 atom stereocenters. The van der Waals surface area contributed by atoms with Gasteiger partial charge in [-0.2, -0.15) is 0 Å². The van der Waals surface area contributed by atoms with Crippen molar-refractivity contribution in [2.75, 3.05) is 23.6 Å². The van der Waals surface area contributed by atoms with Crippen LogP contribution >= 0.6 is 11.8 Å². The van der Waals surface area contributed by atoms with Crippen LogP contribution in [0.4, 0.5) is 17.1 Å². The third-order valence-corrected chi connectivity index (χ3v) is 6.15. The summed E-state index contributed by atoms with van der Waals surface area (Å²) in [5.74, 6) is 1.83. The van der Waals surface area contributed by atoms with Crippen LogP contribution in [0.5, 0.6) is 5.75 Å². The van der Waals surface area contributed by atoms with Crippen LogP contribution in [0.25, 0.3) is 5.57 Å². The molecule has 31 heavy (non-hydrogen) atoms. The first-order valence-electron chi connectivity index (χ1n) is 10.2. The molecule has 5 rings (SSSR count). The summed E-state index contributed by atoms with van der Waals surface area (Å²) in [6.07, 6.45) is 6.71. The molecule has 154 valence electrons. The van der Waals surface area contributed by atoms with Gasteiger partial charge < -0.3 is 10.1 Å². The maximum absolute atomic E-state index is 5.30. The Hall–Kier alpha value is -3.57. The molecule has 0 saturated carbocycles. The molecule has 3 aromatic carbocycles. The SMILES string of the molecule is COc1cccc(Nc2ccc(NN3C=C(c4ccccc4)C=C4SCC=C43)cc2)c1. The van der Waals surface area contributed by atoms with E-state index in [0.29, 0.717) is 0 Å². The number of fused-ring (bicyclic) bond motifs is 1. The normalized spacial score (nSPS) is 14.9. The lowest BCUT2D eigenvalue weighted by Gasteiger charge is -2.29. The number of hydrogen-bond donors (Lipinski definition) is 2. The van der Waals surface area contributed by atoms with Crippen LogP contribution in [0.1, 0.15) is 5.56 Å². The van der Waals surface area contributed by atoms with Crippen molar-refractivity contribution in [3.8, 4) is 5.75 Å². The summed E-state index contributed by atoms with van der Waals surface area (Å²) in [5.41, 5.74) is 10.2. The Labute approximate surface area is 186 Å². The number of methoxy groups -OCH3 is 1. The Balaban J connectivity index is 1.34. The molecule has 0 unspecified atom stereocenters. The van der Waals surface area contributed by atoms with Gasteiger partial charge in [0.15, 0.2) is 0 Å². The quantitative estimate of drug-likeness (QED) is 0.463. The minimum atomic E-state index is 0.834. The molecule has 0 saturated heterocycles. The van der Waals surface area contributed by atoms with Gasteiger partial charge >= 0.3 is 0 Å². The third kappa shape index (κ3) is 4.32. The van der Waals surface area contributed by atoms with E-state index in [4.69, 9.17) is 4.74 Å². The van der Waals surface area contributed by atoms with E-state index in [-0.39, 0.29) is 0 Å². The number of hydrazine groups is 1. The average molecular weight is 426 g/mol. The Morgan fingerprint density at radius 2 is 1.68 bits per heavy atom. The minimum absolute atomic E-state index is 0.834. The fraction of sp³-hybridized carbons (Fsp3) is 0.0769. The van der Waals surface area contributed by atoms with Gasteiger partial charge in [0.05, 0.1) is 18.5 Å². The first-order chi connectivity index (χ1) is 15.3. The molecule has 0 aromatic heterocycles. The van der Waals surface area contributed by atoms with Crippen LogP contribution in [-0.2, 0) is 0 Å². The Morgan fingerprint density at radius 3 is 2.48 bits per heavy atom. The summed E-state index contributed by atoms with van der Waals surface area (Å²) < 4.78 is 5.30.